The summed E-state index contributed by atoms with van der Waals surface area (Å²) in [6.07, 6.45) is 0.248. The number of aryl methyl sites for hydroxylation is 2. The number of benzene rings is 2. The third-order valence-corrected chi connectivity index (χ3v) is 4.00. The SMILES string of the molecule is Cc1nc(Oc2ccccc2)nc(C)c1NC(=O)Cc1ccc(Cl)cc1. The molecule has 5 nitrogen and oxygen atoms in total. The normalized spacial score (nSPS) is 10.4. The van der Waals surface area contributed by atoms with E-state index in [0.717, 1.165) is 5.56 Å². The fourth-order valence-corrected chi connectivity index (χ4v) is 2.60. The van der Waals surface area contributed by atoms with Crippen LogP contribution >= 0.6 is 11.6 Å². The highest BCUT2D eigenvalue weighted by molar-refractivity contribution is 6.30. The maximum absolute atomic E-state index is 12.3. The Labute approximate surface area is 157 Å². The van der Waals surface area contributed by atoms with Gasteiger partial charge >= 0.3 is 6.01 Å². The van der Waals surface area contributed by atoms with E-state index in [1.807, 2.05) is 56.3 Å². The molecule has 6 heteroatoms. The summed E-state index contributed by atoms with van der Waals surface area (Å²) >= 11 is 5.86. The second kappa shape index (κ2) is 7.97. The van der Waals surface area contributed by atoms with Crippen LogP contribution in [0.1, 0.15) is 17.0 Å². The summed E-state index contributed by atoms with van der Waals surface area (Å²) in [7, 11) is 0. The van der Waals surface area contributed by atoms with Gasteiger partial charge in [-0.05, 0) is 43.7 Å². The van der Waals surface area contributed by atoms with Gasteiger partial charge in [-0.2, -0.15) is 9.97 Å². The van der Waals surface area contributed by atoms with Crippen molar-refractivity contribution in [2.24, 2.45) is 0 Å². The van der Waals surface area contributed by atoms with Crippen molar-refractivity contribution in [3.8, 4) is 11.8 Å². The van der Waals surface area contributed by atoms with Crippen LogP contribution < -0.4 is 10.1 Å². The van der Waals surface area contributed by atoms with Crippen molar-refractivity contribution in [1.82, 2.24) is 9.97 Å². The van der Waals surface area contributed by atoms with E-state index in [2.05, 4.69) is 15.3 Å². The molecule has 132 valence electrons. The molecule has 0 radical (unpaired) electrons. The third kappa shape index (κ3) is 4.58. The predicted octanol–water partition coefficient (Wildman–Crippen LogP) is 4.72. The summed E-state index contributed by atoms with van der Waals surface area (Å²) in [5.41, 5.74) is 2.78. The number of hydrogen-bond acceptors (Lipinski definition) is 4. The Hall–Kier alpha value is -2.92. The Morgan fingerprint density at radius 3 is 2.23 bits per heavy atom. The molecule has 2 aromatic carbocycles. The Balaban J connectivity index is 1.71. The topological polar surface area (TPSA) is 64.1 Å². The first-order valence-electron chi connectivity index (χ1n) is 8.13. The van der Waals surface area contributed by atoms with Crippen LogP contribution in [-0.4, -0.2) is 15.9 Å². The van der Waals surface area contributed by atoms with Crippen molar-refractivity contribution in [2.45, 2.75) is 20.3 Å². The van der Waals surface area contributed by atoms with Crippen molar-refractivity contribution in [2.75, 3.05) is 5.32 Å². The van der Waals surface area contributed by atoms with Crippen LogP contribution in [-0.2, 0) is 11.2 Å². The highest BCUT2D eigenvalue weighted by Gasteiger charge is 2.13. The summed E-state index contributed by atoms with van der Waals surface area (Å²) < 4.78 is 5.66. The van der Waals surface area contributed by atoms with Gasteiger partial charge in [0.2, 0.25) is 5.91 Å². The Morgan fingerprint density at radius 2 is 1.62 bits per heavy atom. The van der Waals surface area contributed by atoms with E-state index in [1.165, 1.54) is 0 Å². The van der Waals surface area contributed by atoms with E-state index in [1.54, 1.807) is 12.1 Å². The zero-order valence-electron chi connectivity index (χ0n) is 14.5. The van der Waals surface area contributed by atoms with Crippen LogP contribution in [0.25, 0.3) is 0 Å². The fourth-order valence-electron chi connectivity index (χ4n) is 2.48. The lowest BCUT2D eigenvalue weighted by molar-refractivity contribution is -0.115. The number of nitrogens with zero attached hydrogens (tertiary/aromatic N) is 2. The number of amides is 1. The van der Waals surface area contributed by atoms with Crippen LogP contribution in [0.4, 0.5) is 5.69 Å². The summed E-state index contributed by atoms with van der Waals surface area (Å²) in [5.74, 6) is 0.518. The van der Waals surface area contributed by atoms with Gasteiger partial charge in [-0.25, -0.2) is 0 Å². The molecule has 0 aliphatic carbocycles. The molecule has 3 aromatic rings. The lowest BCUT2D eigenvalue weighted by atomic mass is 10.1. The van der Waals surface area contributed by atoms with Gasteiger partial charge in [0.1, 0.15) is 5.75 Å². The average Bonchev–Trinajstić information content (AvgIpc) is 2.61. The zero-order valence-corrected chi connectivity index (χ0v) is 15.2. The van der Waals surface area contributed by atoms with Crippen LogP contribution in [0.5, 0.6) is 11.8 Å². The Morgan fingerprint density at radius 1 is 1.00 bits per heavy atom. The van der Waals surface area contributed by atoms with Gasteiger partial charge in [-0.1, -0.05) is 41.9 Å². The maximum atomic E-state index is 12.3. The second-order valence-electron chi connectivity index (χ2n) is 5.82. The largest absolute Gasteiger partial charge is 0.424 e. The number of aromatic nitrogens is 2. The van der Waals surface area contributed by atoms with E-state index in [9.17, 15) is 4.79 Å². The summed E-state index contributed by atoms with van der Waals surface area (Å²) in [6, 6.07) is 16.8. The standard InChI is InChI=1S/C20H18ClN3O2/c1-13-19(24-18(25)12-15-8-10-16(21)11-9-15)14(2)23-20(22-13)26-17-6-4-3-5-7-17/h3-11H,12H2,1-2H3,(H,24,25). The number of anilines is 1. The molecule has 0 bridgehead atoms. The molecule has 0 saturated heterocycles. The summed E-state index contributed by atoms with van der Waals surface area (Å²) in [4.78, 5) is 21.0. The first-order chi connectivity index (χ1) is 12.5. The van der Waals surface area contributed by atoms with Gasteiger partial charge in [0.05, 0.1) is 23.5 Å². The molecule has 1 N–H and O–H groups in total. The molecular weight excluding hydrogens is 350 g/mol. The number of nitrogens with one attached hydrogen (secondary N) is 1. The van der Waals surface area contributed by atoms with Gasteiger partial charge in [0, 0.05) is 5.02 Å². The van der Waals surface area contributed by atoms with Crippen molar-refractivity contribution in [3.05, 3.63) is 76.6 Å². The number of carbonyl (C=O) groups is 1. The number of hydrogen-bond donors (Lipinski definition) is 1. The first kappa shape index (κ1) is 17.9. The summed E-state index contributed by atoms with van der Waals surface area (Å²) in [5, 5.41) is 3.52. The highest BCUT2D eigenvalue weighted by atomic mass is 35.5. The molecule has 1 amide bonds. The molecule has 0 fully saturated rings. The fraction of sp³-hybridized carbons (Fsp3) is 0.150. The molecule has 0 saturated carbocycles. The van der Waals surface area contributed by atoms with E-state index in [0.29, 0.717) is 27.8 Å². The number of carbonyl (C=O) groups excluding carboxylic acids is 1. The molecule has 0 aliphatic rings. The minimum absolute atomic E-state index is 0.140. The molecule has 0 aliphatic heterocycles. The molecule has 0 spiro atoms. The molecule has 1 heterocycles. The van der Waals surface area contributed by atoms with Gasteiger partial charge in [0.25, 0.3) is 0 Å². The van der Waals surface area contributed by atoms with Crippen LogP contribution in [0.2, 0.25) is 5.02 Å². The molecule has 1 aromatic heterocycles. The Kier molecular flexibility index (Phi) is 5.49. The van der Waals surface area contributed by atoms with E-state index in [4.69, 9.17) is 16.3 Å². The third-order valence-electron chi connectivity index (χ3n) is 3.75. The van der Waals surface area contributed by atoms with Crippen LogP contribution in [0.3, 0.4) is 0 Å². The molecule has 26 heavy (non-hydrogen) atoms. The quantitative estimate of drug-likeness (QED) is 0.708. The first-order valence-corrected chi connectivity index (χ1v) is 8.51. The van der Waals surface area contributed by atoms with E-state index >= 15 is 0 Å². The monoisotopic (exact) mass is 367 g/mol. The smallest absolute Gasteiger partial charge is 0.322 e. The molecule has 0 unspecified atom stereocenters. The average molecular weight is 368 g/mol. The molecule has 3 rings (SSSR count). The van der Waals surface area contributed by atoms with Gasteiger partial charge in [-0.3, -0.25) is 4.79 Å². The highest BCUT2D eigenvalue weighted by Crippen LogP contribution is 2.23. The molecule has 0 atom stereocenters. The van der Waals surface area contributed by atoms with Crippen molar-refractivity contribution < 1.29 is 9.53 Å². The number of ether oxygens (including phenoxy) is 1. The van der Waals surface area contributed by atoms with Gasteiger partial charge < -0.3 is 10.1 Å². The van der Waals surface area contributed by atoms with Crippen LogP contribution in [0, 0.1) is 13.8 Å². The lowest BCUT2D eigenvalue weighted by Gasteiger charge is -2.12. The lowest BCUT2D eigenvalue weighted by Crippen LogP contribution is -2.17. The Bertz CT molecular complexity index is 889. The molecular formula is C20H18ClN3O2. The number of halogens is 1. The summed E-state index contributed by atoms with van der Waals surface area (Å²) in [6.45, 7) is 3.62. The minimum Gasteiger partial charge on any atom is -0.424 e. The van der Waals surface area contributed by atoms with Gasteiger partial charge in [-0.15, -0.1) is 0 Å². The number of para-hydroxylation sites is 1. The predicted molar refractivity (Wildman–Crippen MR) is 102 cm³/mol. The van der Waals surface area contributed by atoms with Crippen molar-refractivity contribution >= 4 is 23.2 Å². The minimum atomic E-state index is -0.140. The van der Waals surface area contributed by atoms with Gasteiger partial charge in [0.15, 0.2) is 0 Å². The van der Waals surface area contributed by atoms with Crippen LogP contribution in [0.15, 0.2) is 54.6 Å². The zero-order chi connectivity index (χ0) is 18.5. The number of rotatable bonds is 5. The van der Waals surface area contributed by atoms with Crippen molar-refractivity contribution in [3.63, 3.8) is 0 Å². The van der Waals surface area contributed by atoms with E-state index < -0.39 is 0 Å². The van der Waals surface area contributed by atoms with E-state index in [-0.39, 0.29) is 18.3 Å². The maximum Gasteiger partial charge on any atom is 0.322 e. The second-order valence-corrected chi connectivity index (χ2v) is 6.25. The van der Waals surface area contributed by atoms with Crippen molar-refractivity contribution in [1.29, 1.82) is 0 Å².